The fourth-order valence-electron chi connectivity index (χ4n) is 2.43. The van der Waals surface area contributed by atoms with E-state index in [1.54, 1.807) is 12.1 Å². The number of aliphatic hydroxyl groups is 1. The third kappa shape index (κ3) is 6.32. The first-order chi connectivity index (χ1) is 11.1. The van der Waals surface area contributed by atoms with Gasteiger partial charge in [-0.3, -0.25) is 4.79 Å². The van der Waals surface area contributed by atoms with Crippen LogP contribution in [0.5, 0.6) is 0 Å². The number of benzene rings is 2. The quantitative estimate of drug-likeness (QED) is 0.686. The molecule has 0 aromatic heterocycles. The Hall–Kier alpha value is -1.88. The second kappa shape index (κ2) is 10.1. The van der Waals surface area contributed by atoms with Crippen LogP contribution in [-0.2, 0) is 6.42 Å². The minimum Gasteiger partial charge on any atom is -0.387 e. The molecule has 2 rings (SSSR count). The SMILES string of the molecule is C[C@@H](CCc1ccc(C(N)=O)cc1)NC[C@H](O)c1ccccc1.Cl. The molecule has 1 amide bonds. The van der Waals surface area contributed by atoms with Crippen molar-refractivity contribution in [2.24, 2.45) is 5.73 Å². The lowest BCUT2D eigenvalue weighted by Crippen LogP contribution is -2.30. The summed E-state index contributed by atoms with van der Waals surface area (Å²) in [5, 5.41) is 13.5. The summed E-state index contributed by atoms with van der Waals surface area (Å²) < 4.78 is 0. The summed E-state index contributed by atoms with van der Waals surface area (Å²) in [5.41, 5.74) is 7.86. The van der Waals surface area contributed by atoms with Gasteiger partial charge in [0.25, 0.3) is 0 Å². The molecule has 0 aliphatic heterocycles. The van der Waals surface area contributed by atoms with E-state index in [1.165, 1.54) is 5.56 Å². The van der Waals surface area contributed by atoms with Gasteiger partial charge in [0.05, 0.1) is 6.10 Å². The molecule has 0 aliphatic rings. The minimum absolute atomic E-state index is 0. The maximum absolute atomic E-state index is 11.0. The Kier molecular flexibility index (Phi) is 8.47. The highest BCUT2D eigenvalue weighted by atomic mass is 35.5. The van der Waals surface area contributed by atoms with E-state index in [0.717, 1.165) is 18.4 Å². The molecular formula is C19H25ClN2O2. The summed E-state index contributed by atoms with van der Waals surface area (Å²) in [7, 11) is 0. The van der Waals surface area contributed by atoms with Gasteiger partial charge in [-0.05, 0) is 43.0 Å². The van der Waals surface area contributed by atoms with E-state index in [1.807, 2.05) is 42.5 Å². The van der Waals surface area contributed by atoms with Gasteiger partial charge in [-0.25, -0.2) is 0 Å². The van der Waals surface area contributed by atoms with Crippen LogP contribution >= 0.6 is 12.4 Å². The highest BCUT2D eigenvalue weighted by Gasteiger charge is 2.09. The van der Waals surface area contributed by atoms with Crippen molar-refractivity contribution in [2.45, 2.75) is 31.9 Å². The van der Waals surface area contributed by atoms with E-state index in [0.29, 0.717) is 18.2 Å². The average molecular weight is 349 g/mol. The summed E-state index contributed by atoms with van der Waals surface area (Å²) in [6, 6.07) is 17.3. The van der Waals surface area contributed by atoms with E-state index >= 15 is 0 Å². The van der Waals surface area contributed by atoms with Crippen LogP contribution in [0.4, 0.5) is 0 Å². The highest BCUT2D eigenvalue weighted by molar-refractivity contribution is 5.92. The molecule has 0 unspecified atom stereocenters. The Labute approximate surface area is 149 Å². The van der Waals surface area contributed by atoms with Crippen LogP contribution in [0.1, 0.15) is 40.9 Å². The zero-order valence-corrected chi connectivity index (χ0v) is 14.6. The van der Waals surface area contributed by atoms with E-state index in [2.05, 4.69) is 12.2 Å². The molecule has 0 spiro atoms. The van der Waals surface area contributed by atoms with Crippen LogP contribution in [0.3, 0.4) is 0 Å². The molecule has 2 aromatic carbocycles. The van der Waals surface area contributed by atoms with Gasteiger partial charge in [-0.1, -0.05) is 42.5 Å². The summed E-state index contributed by atoms with van der Waals surface area (Å²) in [6.45, 7) is 2.64. The smallest absolute Gasteiger partial charge is 0.248 e. The molecule has 2 aromatic rings. The first kappa shape index (κ1) is 20.2. The standard InChI is InChI=1S/C19H24N2O2.ClH/c1-14(21-13-18(22)16-5-3-2-4-6-16)7-8-15-9-11-17(12-10-15)19(20)23;/h2-6,9-12,14,18,21-22H,7-8,13H2,1H3,(H2,20,23);1H/t14-,18-;/m0./s1. The van der Waals surface area contributed by atoms with Gasteiger partial charge in [0, 0.05) is 18.2 Å². The lowest BCUT2D eigenvalue weighted by atomic mass is 10.0. The molecule has 24 heavy (non-hydrogen) atoms. The molecule has 0 heterocycles. The molecule has 0 bridgehead atoms. The average Bonchev–Trinajstić information content (AvgIpc) is 2.59. The van der Waals surface area contributed by atoms with Gasteiger partial charge >= 0.3 is 0 Å². The molecular weight excluding hydrogens is 324 g/mol. The van der Waals surface area contributed by atoms with Crippen molar-refractivity contribution in [1.29, 1.82) is 0 Å². The first-order valence-electron chi connectivity index (χ1n) is 7.91. The Morgan fingerprint density at radius 2 is 1.75 bits per heavy atom. The fourth-order valence-corrected chi connectivity index (χ4v) is 2.43. The molecule has 0 saturated carbocycles. The zero-order valence-electron chi connectivity index (χ0n) is 13.8. The molecule has 0 saturated heterocycles. The minimum atomic E-state index is -0.492. The van der Waals surface area contributed by atoms with Crippen molar-refractivity contribution in [3.63, 3.8) is 0 Å². The molecule has 2 atom stereocenters. The number of nitrogens with one attached hydrogen (secondary N) is 1. The van der Waals surface area contributed by atoms with Crippen molar-refractivity contribution < 1.29 is 9.90 Å². The van der Waals surface area contributed by atoms with Crippen LogP contribution in [0.15, 0.2) is 54.6 Å². The van der Waals surface area contributed by atoms with E-state index < -0.39 is 12.0 Å². The van der Waals surface area contributed by atoms with Crippen LogP contribution < -0.4 is 11.1 Å². The second-order valence-electron chi connectivity index (χ2n) is 5.84. The Bertz CT molecular complexity index is 617. The Morgan fingerprint density at radius 1 is 1.12 bits per heavy atom. The van der Waals surface area contributed by atoms with E-state index in [9.17, 15) is 9.90 Å². The van der Waals surface area contributed by atoms with Crippen molar-refractivity contribution in [3.8, 4) is 0 Å². The Morgan fingerprint density at radius 3 is 2.33 bits per heavy atom. The fraction of sp³-hybridized carbons (Fsp3) is 0.316. The number of nitrogens with two attached hydrogens (primary N) is 1. The summed E-state index contributed by atoms with van der Waals surface area (Å²) in [5.74, 6) is -0.401. The topological polar surface area (TPSA) is 75.4 Å². The number of amides is 1. The predicted molar refractivity (Wildman–Crippen MR) is 99.4 cm³/mol. The lowest BCUT2D eigenvalue weighted by Gasteiger charge is -2.17. The summed E-state index contributed by atoms with van der Waals surface area (Å²) >= 11 is 0. The van der Waals surface area contributed by atoms with Crippen LogP contribution in [0.2, 0.25) is 0 Å². The third-order valence-electron chi connectivity index (χ3n) is 3.95. The predicted octanol–water partition coefficient (Wildman–Crippen LogP) is 2.85. The monoisotopic (exact) mass is 348 g/mol. The van der Waals surface area contributed by atoms with Crippen molar-refractivity contribution in [1.82, 2.24) is 5.32 Å². The number of primary amides is 1. The number of aliphatic hydroxyl groups excluding tert-OH is 1. The van der Waals surface area contributed by atoms with Gasteiger partial charge < -0.3 is 16.2 Å². The first-order valence-corrected chi connectivity index (χ1v) is 7.91. The number of hydrogen-bond acceptors (Lipinski definition) is 3. The number of rotatable bonds is 8. The van der Waals surface area contributed by atoms with Crippen molar-refractivity contribution in [3.05, 3.63) is 71.3 Å². The number of carbonyl (C=O) groups excluding carboxylic acids is 1. The largest absolute Gasteiger partial charge is 0.387 e. The molecule has 5 heteroatoms. The molecule has 0 aliphatic carbocycles. The molecule has 4 nitrogen and oxygen atoms in total. The van der Waals surface area contributed by atoms with Gasteiger partial charge in [-0.2, -0.15) is 0 Å². The Balaban J connectivity index is 0.00000288. The van der Waals surface area contributed by atoms with Gasteiger partial charge in [0.1, 0.15) is 0 Å². The summed E-state index contributed by atoms with van der Waals surface area (Å²) in [6.07, 6.45) is 1.38. The second-order valence-corrected chi connectivity index (χ2v) is 5.84. The maximum Gasteiger partial charge on any atom is 0.248 e. The molecule has 0 radical (unpaired) electrons. The lowest BCUT2D eigenvalue weighted by molar-refractivity contribution is 0.100. The van der Waals surface area contributed by atoms with E-state index in [4.69, 9.17) is 5.73 Å². The number of hydrogen-bond donors (Lipinski definition) is 3. The maximum atomic E-state index is 11.0. The number of aryl methyl sites for hydroxylation is 1. The molecule has 0 fully saturated rings. The van der Waals surface area contributed by atoms with Crippen molar-refractivity contribution in [2.75, 3.05) is 6.54 Å². The van der Waals surface area contributed by atoms with E-state index in [-0.39, 0.29) is 12.4 Å². The number of halogens is 1. The van der Waals surface area contributed by atoms with Crippen LogP contribution in [0.25, 0.3) is 0 Å². The van der Waals surface area contributed by atoms with Crippen LogP contribution in [0, 0.1) is 0 Å². The van der Waals surface area contributed by atoms with Gasteiger partial charge in [0.2, 0.25) is 5.91 Å². The summed E-state index contributed by atoms with van der Waals surface area (Å²) in [4.78, 5) is 11.0. The van der Waals surface area contributed by atoms with Gasteiger partial charge in [0.15, 0.2) is 0 Å². The molecule has 4 N–H and O–H groups in total. The third-order valence-corrected chi connectivity index (χ3v) is 3.95. The molecule has 130 valence electrons. The highest BCUT2D eigenvalue weighted by Crippen LogP contribution is 2.12. The normalized spacial score (nSPS) is 12.9. The van der Waals surface area contributed by atoms with Crippen LogP contribution in [-0.4, -0.2) is 23.6 Å². The number of carbonyl (C=O) groups is 1. The van der Waals surface area contributed by atoms with Gasteiger partial charge in [-0.15, -0.1) is 12.4 Å². The zero-order chi connectivity index (χ0) is 16.7. The van der Waals surface area contributed by atoms with Crippen molar-refractivity contribution >= 4 is 18.3 Å².